The van der Waals surface area contributed by atoms with Crippen LogP contribution in [0.25, 0.3) is 0 Å². The SMILES string of the molecule is O=C(O)CCCCC(=O)O.O=C(OCCO)c1ccc(C(=O)OCCO)cc1.O=C(OCCO)c1ccc(C(=O)OCCO)cc1. The van der Waals surface area contributed by atoms with Gasteiger partial charge in [-0.1, -0.05) is 0 Å². The molecule has 46 heavy (non-hydrogen) atoms. The third-order valence-corrected chi connectivity index (χ3v) is 5.04. The second kappa shape index (κ2) is 25.4. The molecule has 0 aliphatic carbocycles. The summed E-state index contributed by atoms with van der Waals surface area (Å²) in [6, 6.07) is 11.4. The van der Waals surface area contributed by atoms with Crippen LogP contribution in [-0.4, -0.2) is 119 Å². The monoisotopic (exact) mass is 654 g/mol. The Morgan fingerprint density at radius 1 is 0.413 bits per heavy atom. The summed E-state index contributed by atoms with van der Waals surface area (Å²) in [5.41, 5.74) is 1.12. The Morgan fingerprint density at radius 3 is 0.761 bits per heavy atom. The van der Waals surface area contributed by atoms with E-state index in [2.05, 4.69) is 0 Å². The van der Waals surface area contributed by atoms with Gasteiger partial charge in [0.25, 0.3) is 0 Å². The number of rotatable bonds is 17. The number of aliphatic hydroxyl groups excluding tert-OH is 4. The van der Waals surface area contributed by atoms with Crippen LogP contribution in [0.2, 0.25) is 0 Å². The summed E-state index contributed by atoms with van der Waals surface area (Å²) in [6.07, 6.45) is 1.02. The van der Waals surface area contributed by atoms with E-state index < -0.39 is 35.8 Å². The molecule has 0 saturated heterocycles. The number of ether oxygens (including phenoxy) is 4. The van der Waals surface area contributed by atoms with Gasteiger partial charge >= 0.3 is 35.8 Å². The molecule has 2 aromatic carbocycles. The first-order valence-corrected chi connectivity index (χ1v) is 13.8. The van der Waals surface area contributed by atoms with Crippen molar-refractivity contribution >= 4 is 35.8 Å². The van der Waals surface area contributed by atoms with E-state index in [-0.39, 0.29) is 88.0 Å². The third kappa shape index (κ3) is 19.4. The van der Waals surface area contributed by atoms with Gasteiger partial charge in [-0.05, 0) is 61.4 Å². The summed E-state index contributed by atoms with van der Waals surface area (Å²) in [7, 11) is 0. The van der Waals surface area contributed by atoms with Gasteiger partial charge in [-0.2, -0.15) is 0 Å². The first kappa shape index (κ1) is 41.1. The molecule has 0 radical (unpaired) electrons. The molecule has 254 valence electrons. The molecule has 2 aromatic rings. The molecule has 0 bridgehead atoms. The molecule has 0 heterocycles. The highest BCUT2D eigenvalue weighted by atomic mass is 16.6. The maximum atomic E-state index is 11.4. The average molecular weight is 655 g/mol. The molecule has 0 fully saturated rings. The zero-order valence-electron chi connectivity index (χ0n) is 24.9. The van der Waals surface area contributed by atoms with Crippen molar-refractivity contribution in [1.29, 1.82) is 0 Å². The molecule has 2 rings (SSSR count). The average Bonchev–Trinajstić information content (AvgIpc) is 3.06. The first-order chi connectivity index (χ1) is 22.0. The fourth-order valence-electron chi connectivity index (χ4n) is 2.92. The largest absolute Gasteiger partial charge is 0.481 e. The van der Waals surface area contributed by atoms with E-state index in [0.717, 1.165) is 0 Å². The van der Waals surface area contributed by atoms with E-state index in [1.54, 1.807) is 0 Å². The summed E-state index contributed by atoms with van der Waals surface area (Å²) < 4.78 is 18.8. The van der Waals surface area contributed by atoms with Crippen LogP contribution in [-0.2, 0) is 28.5 Å². The predicted molar refractivity (Wildman–Crippen MR) is 156 cm³/mol. The lowest BCUT2D eigenvalue weighted by atomic mass is 10.1. The number of esters is 4. The summed E-state index contributed by atoms with van der Waals surface area (Å²) >= 11 is 0. The van der Waals surface area contributed by atoms with Gasteiger partial charge in [0.1, 0.15) is 26.4 Å². The van der Waals surface area contributed by atoms with Crippen molar-refractivity contribution < 1.29 is 78.4 Å². The zero-order chi connectivity index (χ0) is 34.7. The molecule has 16 nitrogen and oxygen atoms in total. The van der Waals surface area contributed by atoms with Crippen LogP contribution in [0.15, 0.2) is 48.5 Å². The number of carboxylic acids is 2. The molecule has 6 N–H and O–H groups in total. The Balaban J connectivity index is 0.000000691. The van der Waals surface area contributed by atoms with E-state index in [4.69, 9.17) is 49.6 Å². The summed E-state index contributed by atoms with van der Waals surface area (Å²) in [6.45, 7) is -1.24. The molecule has 16 heteroatoms. The molecule has 0 amide bonds. The molecule has 0 aromatic heterocycles. The molecular weight excluding hydrogens is 616 g/mol. The lowest BCUT2D eigenvalue weighted by Gasteiger charge is -2.05. The van der Waals surface area contributed by atoms with Crippen molar-refractivity contribution in [1.82, 2.24) is 0 Å². The number of aliphatic carboxylic acids is 2. The van der Waals surface area contributed by atoms with Gasteiger partial charge in [0.2, 0.25) is 0 Å². The lowest BCUT2D eigenvalue weighted by Crippen LogP contribution is -2.11. The fraction of sp³-hybridized carbons (Fsp3) is 0.400. The summed E-state index contributed by atoms with van der Waals surface area (Å²) in [4.78, 5) is 65.3. The Morgan fingerprint density at radius 2 is 0.609 bits per heavy atom. The van der Waals surface area contributed by atoms with Gasteiger partial charge in [0, 0.05) is 12.8 Å². The van der Waals surface area contributed by atoms with Crippen LogP contribution in [0.1, 0.15) is 67.1 Å². The number of benzene rings is 2. The Labute approximate surface area is 263 Å². The van der Waals surface area contributed by atoms with Gasteiger partial charge < -0.3 is 49.6 Å². The standard InChI is InChI=1S/2C12H14O6.C6H10O4/c2*13-5-7-17-11(15)9-1-2-10(4-3-9)12(16)18-8-6-14;7-5(8)3-1-2-4-6(9)10/h2*1-4,13-14H,5-8H2;1-4H2,(H,7,8)(H,9,10). The minimum atomic E-state index is -0.870. The Bertz CT molecular complexity index is 1030. The van der Waals surface area contributed by atoms with Crippen molar-refractivity contribution in [3.63, 3.8) is 0 Å². The van der Waals surface area contributed by atoms with Crippen LogP contribution < -0.4 is 0 Å². The molecular formula is C30H38O16. The summed E-state index contributed by atoms with van der Waals surface area (Å²) in [5.74, 6) is -4.02. The highest BCUT2D eigenvalue weighted by Crippen LogP contribution is 2.09. The molecule has 0 atom stereocenters. The van der Waals surface area contributed by atoms with Gasteiger partial charge in [-0.25, -0.2) is 19.2 Å². The van der Waals surface area contributed by atoms with Gasteiger partial charge in [0.15, 0.2) is 0 Å². The molecule has 0 aliphatic heterocycles. The van der Waals surface area contributed by atoms with Gasteiger partial charge in [0.05, 0.1) is 48.7 Å². The molecule has 0 spiro atoms. The molecule has 0 saturated carbocycles. The van der Waals surface area contributed by atoms with E-state index in [9.17, 15) is 28.8 Å². The van der Waals surface area contributed by atoms with Crippen LogP contribution in [0.5, 0.6) is 0 Å². The van der Waals surface area contributed by atoms with E-state index >= 15 is 0 Å². The van der Waals surface area contributed by atoms with Crippen molar-refractivity contribution in [2.24, 2.45) is 0 Å². The highest BCUT2D eigenvalue weighted by Gasteiger charge is 2.11. The Hall–Kier alpha value is -4.90. The topological polar surface area (TPSA) is 261 Å². The van der Waals surface area contributed by atoms with Gasteiger partial charge in [-0.3, -0.25) is 9.59 Å². The van der Waals surface area contributed by atoms with Crippen molar-refractivity contribution in [3.05, 3.63) is 70.8 Å². The Kier molecular flexibility index (Phi) is 22.7. The molecule has 0 aliphatic rings. The first-order valence-electron chi connectivity index (χ1n) is 13.8. The normalized spacial score (nSPS) is 9.74. The second-order valence-corrected chi connectivity index (χ2v) is 8.59. The quantitative estimate of drug-likeness (QED) is 0.0778. The number of carbonyl (C=O) groups excluding carboxylic acids is 4. The van der Waals surface area contributed by atoms with E-state index in [1.807, 2.05) is 0 Å². The second-order valence-electron chi connectivity index (χ2n) is 8.59. The third-order valence-electron chi connectivity index (χ3n) is 5.04. The van der Waals surface area contributed by atoms with Crippen molar-refractivity contribution in [2.75, 3.05) is 52.9 Å². The number of hydrogen-bond acceptors (Lipinski definition) is 14. The van der Waals surface area contributed by atoms with Crippen LogP contribution in [0, 0.1) is 0 Å². The van der Waals surface area contributed by atoms with E-state index in [1.165, 1.54) is 48.5 Å². The number of aliphatic hydroxyl groups is 4. The fourth-order valence-corrected chi connectivity index (χ4v) is 2.92. The maximum Gasteiger partial charge on any atom is 0.338 e. The summed E-state index contributed by atoms with van der Waals surface area (Å²) in [5, 5.41) is 50.3. The zero-order valence-corrected chi connectivity index (χ0v) is 24.9. The van der Waals surface area contributed by atoms with Crippen LogP contribution in [0.4, 0.5) is 0 Å². The van der Waals surface area contributed by atoms with Gasteiger partial charge in [-0.15, -0.1) is 0 Å². The number of hydrogen-bond donors (Lipinski definition) is 6. The number of unbranched alkanes of at least 4 members (excludes halogenated alkanes) is 1. The number of carboxylic acid groups (broad SMARTS) is 2. The minimum Gasteiger partial charge on any atom is -0.481 e. The number of carbonyl (C=O) groups is 6. The van der Waals surface area contributed by atoms with Crippen LogP contribution >= 0.6 is 0 Å². The van der Waals surface area contributed by atoms with Crippen LogP contribution in [0.3, 0.4) is 0 Å². The molecule has 0 unspecified atom stereocenters. The predicted octanol–water partition coefficient (Wildman–Crippen LogP) is 0.686. The minimum absolute atomic E-state index is 0.0628. The maximum absolute atomic E-state index is 11.4. The highest BCUT2D eigenvalue weighted by molar-refractivity contribution is 5.94. The van der Waals surface area contributed by atoms with E-state index in [0.29, 0.717) is 12.8 Å². The smallest absolute Gasteiger partial charge is 0.338 e. The lowest BCUT2D eigenvalue weighted by molar-refractivity contribution is -0.139. The van der Waals surface area contributed by atoms with Crippen molar-refractivity contribution in [2.45, 2.75) is 25.7 Å². The van der Waals surface area contributed by atoms with Crippen molar-refractivity contribution in [3.8, 4) is 0 Å².